The highest BCUT2D eigenvalue weighted by molar-refractivity contribution is 7.11. The maximum atomic E-state index is 12.4. The van der Waals surface area contributed by atoms with Crippen molar-refractivity contribution >= 4 is 11.3 Å². The Bertz CT molecular complexity index is 371. The summed E-state index contributed by atoms with van der Waals surface area (Å²) in [5, 5.41) is -0.834. The van der Waals surface area contributed by atoms with Crippen LogP contribution < -0.4 is 5.73 Å². The summed E-state index contributed by atoms with van der Waals surface area (Å²) in [6, 6.07) is 0. The molecule has 1 saturated heterocycles. The molecule has 0 amide bonds. The molecule has 0 unspecified atom stereocenters. The van der Waals surface area contributed by atoms with E-state index in [1.807, 2.05) is 0 Å². The molecule has 90 valence electrons. The Kier molecular flexibility index (Phi) is 2.93. The average molecular weight is 252 g/mol. The van der Waals surface area contributed by atoms with E-state index in [-0.39, 0.29) is 0 Å². The van der Waals surface area contributed by atoms with Crippen LogP contribution >= 0.6 is 11.3 Å². The van der Waals surface area contributed by atoms with Crippen LogP contribution in [0.4, 0.5) is 13.2 Å². The van der Waals surface area contributed by atoms with Crippen LogP contribution in [0.25, 0.3) is 0 Å². The first-order chi connectivity index (χ1) is 7.42. The van der Waals surface area contributed by atoms with Crippen molar-refractivity contribution in [1.82, 2.24) is 4.98 Å². The molecule has 2 heterocycles. The minimum absolute atomic E-state index is 0.482. The molecule has 3 nitrogen and oxygen atoms in total. The largest absolute Gasteiger partial charge is 0.443 e. The number of thiazole rings is 1. The molecule has 0 saturated carbocycles. The summed E-state index contributed by atoms with van der Waals surface area (Å²) in [4.78, 5) is 3.87. The molecule has 0 aromatic carbocycles. The van der Waals surface area contributed by atoms with E-state index in [1.165, 1.54) is 6.20 Å². The lowest BCUT2D eigenvalue weighted by molar-refractivity contribution is -0.137. The van der Waals surface area contributed by atoms with Crippen molar-refractivity contribution in [1.29, 1.82) is 0 Å². The van der Waals surface area contributed by atoms with Crippen molar-refractivity contribution in [3.63, 3.8) is 0 Å². The molecule has 2 N–H and O–H groups in total. The van der Waals surface area contributed by atoms with Gasteiger partial charge in [0, 0.05) is 24.3 Å². The fraction of sp³-hybridized carbons (Fsp3) is 0.667. The van der Waals surface area contributed by atoms with Crippen LogP contribution in [0.15, 0.2) is 6.20 Å². The van der Waals surface area contributed by atoms with Gasteiger partial charge in [-0.05, 0) is 12.8 Å². The van der Waals surface area contributed by atoms with Gasteiger partial charge in [-0.25, -0.2) is 4.98 Å². The minimum atomic E-state index is -4.38. The monoisotopic (exact) mass is 252 g/mol. The first kappa shape index (κ1) is 11.8. The van der Waals surface area contributed by atoms with E-state index in [4.69, 9.17) is 10.5 Å². The molecule has 0 bridgehead atoms. The Morgan fingerprint density at radius 2 is 2.00 bits per heavy atom. The third-order valence-electron chi connectivity index (χ3n) is 2.62. The van der Waals surface area contributed by atoms with Crippen molar-refractivity contribution in [2.45, 2.75) is 24.6 Å². The zero-order chi connectivity index (χ0) is 11.8. The first-order valence-electron chi connectivity index (χ1n) is 4.82. The zero-order valence-electron chi connectivity index (χ0n) is 8.38. The van der Waals surface area contributed by atoms with E-state index < -0.39 is 16.7 Å². The molecule has 0 aliphatic carbocycles. The second kappa shape index (κ2) is 3.97. The van der Waals surface area contributed by atoms with Gasteiger partial charge < -0.3 is 10.5 Å². The first-order valence-corrected chi connectivity index (χ1v) is 5.64. The highest BCUT2D eigenvalue weighted by Crippen LogP contribution is 2.38. The van der Waals surface area contributed by atoms with Gasteiger partial charge in [-0.15, -0.1) is 11.3 Å². The second-order valence-electron chi connectivity index (χ2n) is 3.80. The lowest BCUT2D eigenvalue weighted by atomic mass is 9.90. The summed E-state index contributed by atoms with van der Waals surface area (Å²) < 4.78 is 42.3. The van der Waals surface area contributed by atoms with Crippen LogP contribution in [0, 0.1) is 0 Å². The van der Waals surface area contributed by atoms with Gasteiger partial charge in [-0.2, -0.15) is 13.2 Å². The molecule has 1 aliphatic rings. The summed E-state index contributed by atoms with van der Waals surface area (Å²) in [5.74, 6) is 0. The van der Waals surface area contributed by atoms with E-state index in [1.54, 1.807) is 0 Å². The summed E-state index contributed by atoms with van der Waals surface area (Å²) in [6.07, 6.45) is -2.08. The number of ether oxygens (including phenoxy) is 1. The van der Waals surface area contributed by atoms with Gasteiger partial charge >= 0.3 is 6.18 Å². The smallest absolute Gasteiger partial charge is 0.381 e. The van der Waals surface area contributed by atoms with Crippen LogP contribution in [-0.4, -0.2) is 18.2 Å². The molecule has 0 radical (unpaired) electrons. The number of rotatable bonds is 1. The summed E-state index contributed by atoms with van der Waals surface area (Å²) in [7, 11) is 0. The number of halogens is 3. The Morgan fingerprint density at radius 3 is 2.50 bits per heavy atom. The summed E-state index contributed by atoms with van der Waals surface area (Å²) in [6.45, 7) is 0.964. The summed E-state index contributed by atoms with van der Waals surface area (Å²) >= 11 is 0.629. The van der Waals surface area contributed by atoms with Gasteiger partial charge in [0.1, 0.15) is 0 Å². The molecular formula is C9H11F3N2OS. The number of aromatic nitrogens is 1. The Labute approximate surface area is 94.4 Å². The summed E-state index contributed by atoms with van der Waals surface area (Å²) in [5.41, 5.74) is 5.35. The lowest BCUT2D eigenvalue weighted by Crippen LogP contribution is -2.41. The molecule has 2 rings (SSSR count). The number of nitrogens with two attached hydrogens (primary N) is 1. The molecule has 7 heteroatoms. The van der Waals surface area contributed by atoms with Gasteiger partial charge in [-0.1, -0.05) is 0 Å². The number of alkyl halides is 3. The molecule has 1 aromatic heterocycles. The standard InChI is InChI=1S/C9H11F3N2OS/c10-9(11,12)7-14-5-6(16-7)8(13)1-3-15-4-2-8/h5H,1-4,13H2. The SMILES string of the molecule is NC1(c2cnc(C(F)(F)F)s2)CCOCC1. The van der Waals surface area contributed by atoms with Crippen LogP contribution in [0.5, 0.6) is 0 Å². The minimum Gasteiger partial charge on any atom is -0.381 e. The van der Waals surface area contributed by atoms with Crippen molar-refractivity contribution in [2.75, 3.05) is 13.2 Å². The zero-order valence-corrected chi connectivity index (χ0v) is 9.20. The molecule has 0 atom stereocenters. The molecular weight excluding hydrogens is 241 g/mol. The molecule has 1 fully saturated rings. The van der Waals surface area contributed by atoms with E-state index in [0.29, 0.717) is 42.3 Å². The van der Waals surface area contributed by atoms with Crippen molar-refractivity contribution < 1.29 is 17.9 Å². The number of nitrogens with zero attached hydrogens (tertiary/aromatic N) is 1. The van der Waals surface area contributed by atoms with Crippen LogP contribution in [0.3, 0.4) is 0 Å². The normalized spacial score (nSPS) is 21.0. The lowest BCUT2D eigenvalue weighted by Gasteiger charge is -2.31. The maximum absolute atomic E-state index is 12.4. The highest BCUT2D eigenvalue weighted by atomic mass is 32.1. The molecule has 1 aliphatic heterocycles. The second-order valence-corrected chi connectivity index (χ2v) is 4.83. The van der Waals surface area contributed by atoms with Crippen LogP contribution in [0.1, 0.15) is 22.7 Å². The molecule has 1 aromatic rings. The third kappa shape index (κ3) is 2.21. The van der Waals surface area contributed by atoms with E-state index in [0.717, 1.165) is 0 Å². The predicted molar refractivity (Wildman–Crippen MR) is 53.0 cm³/mol. The topological polar surface area (TPSA) is 48.1 Å². The third-order valence-corrected chi connectivity index (χ3v) is 3.89. The number of hydrogen-bond donors (Lipinski definition) is 1. The predicted octanol–water partition coefficient (Wildman–Crippen LogP) is 2.13. The van der Waals surface area contributed by atoms with Crippen molar-refractivity contribution in [3.05, 3.63) is 16.1 Å². The Morgan fingerprint density at radius 1 is 1.38 bits per heavy atom. The van der Waals surface area contributed by atoms with Crippen molar-refractivity contribution in [3.8, 4) is 0 Å². The fourth-order valence-electron chi connectivity index (χ4n) is 1.62. The van der Waals surface area contributed by atoms with Crippen molar-refractivity contribution in [2.24, 2.45) is 5.73 Å². The quantitative estimate of drug-likeness (QED) is 0.833. The molecule has 16 heavy (non-hydrogen) atoms. The van der Waals surface area contributed by atoms with E-state index in [2.05, 4.69) is 4.98 Å². The Hall–Kier alpha value is -0.660. The van der Waals surface area contributed by atoms with Gasteiger partial charge in [0.15, 0.2) is 5.01 Å². The average Bonchev–Trinajstić information content (AvgIpc) is 2.67. The van der Waals surface area contributed by atoms with E-state index >= 15 is 0 Å². The van der Waals surface area contributed by atoms with Gasteiger partial charge in [0.25, 0.3) is 0 Å². The molecule has 0 spiro atoms. The van der Waals surface area contributed by atoms with Gasteiger partial charge in [0.05, 0.1) is 5.54 Å². The van der Waals surface area contributed by atoms with Gasteiger partial charge in [0.2, 0.25) is 0 Å². The van der Waals surface area contributed by atoms with E-state index in [9.17, 15) is 13.2 Å². The Balaban J connectivity index is 2.24. The van der Waals surface area contributed by atoms with Gasteiger partial charge in [-0.3, -0.25) is 0 Å². The van der Waals surface area contributed by atoms with Crippen LogP contribution in [-0.2, 0) is 16.5 Å². The highest BCUT2D eigenvalue weighted by Gasteiger charge is 2.38. The maximum Gasteiger partial charge on any atom is 0.443 e. The number of hydrogen-bond acceptors (Lipinski definition) is 4. The fourth-order valence-corrected chi connectivity index (χ4v) is 2.56. The van der Waals surface area contributed by atoms with Crippen LogP contribution in [0.2, 0.25) is 0 Å².